The van der Waals surface area contributed by atoms with E-state index in [1.54, 1.807) is 30.0 Å². The Morgan fingerprint density at radius 3 is 2.44 bits per heavy atom. The summed E-state index contributed by atoms with van der Waals surface area (Å²) in [6, 6.07) is 5.27. The molecule has 1 atom stereocenters. The smallest absolute Gasteiger partial charge is 0.257 e. The van der Waals surface area contributed by atoms with E-state index in [2.05, 4.69) is 0 Å². The van der Waals surface area contributed by atoms with E-state index in [1.807, 2.05) is 13.8 Å². The maximum Gasteiger partial charge on any atom is 0.257 e. The first-order chi connectivity index (χ1) is 8.56. The van der Waals surface area contributed by atoms with Gasteiger partial charge in [-0.3, -0.25) is 4.79 Å². The van der Waals surface area contributed by atoms with Crippen molar-refractivity contribution in [2.45, 2.75) is 26.9 Å². The van der Waals surface area contributed by atoms with Crippen LogP contribution < -0.4 is 4.74 Å². The molecule has 1 unspecified atom stereocenters. The molecular formula is C14H21NO3. The molecule has 0 aromatic heterocycles. The molecular weight excluding hydrogens is 230 g/mol. The number of amides is 1. The summed E-state index contributed by atoms with van der Waals surface area (Å²) in [7, 11) is 1.53. The van der Waals surface area contributed by atoms with E-state index in [9.17, 15) is 9.90 Å². The van der Waals surface area contributed by atoms with Gasteiger partial charge in [-0.1, -0.05) is 12.1 Å². The highest BCUT2D eigenvalue weighted by Gasteiger charge is 2.22. The van der Waals surface area contributed by atoms with Crippen molar-refractivity contribution in [3.8, 4) is 5.75 Å². The molecule has 4 heteroatoms. The van der Waals surface area contributed by atoms with Gasteiger partial charge in [0.1, 0.15) is 5.75 Å². The number of carbonyl (C=O) groups excluding carboxylic acids is 1. The number of aliphatic hydroxyl groups is 1. The van der Waals surface area contributed by atoms with Gasteiger partial charge in [-0.2, -0.15) is 0 Å². The Morgan fingerprint density at radius 2 is 2.00 bits per heavy atom. The molecule has 4 nitrogen and oxygen atoms in total. The van der Waals surface area contributed by atoms with Crippen LogP contribution in [0.1, 0.15) is 42.8 Å². The second-order valence-corrected chi connectivity index (χ2v) is 4.08. The monoisotopic (exact) mass is 251 g/mol. The molecule has 0 aliphatic carbocycles. The third-order valence-electron chi connectivity index (χ3n) is 2.99. The average Bonchev–Trinajstić information content (AvgIpc) is 2.38. The van der Waals surface area contributed by atoms with Gasteiger partial charge < -0.3 is 14.7 Å². The summed E-state index contributed by atoms with van der Waals surface area (Å²) in [6.07, 6.45) is -0.699. The minimum absolute atomic E-state index is 0.103. The van der Waals surface area contributed by atoms with E-state index in [-0.39, 0.29) is 5.91 Å². The van der Waals surface area contributed by atoms with Crippen LogP contribution in [-0.2, 0) is 0 Å². The van der Waals surface area contributed by atoms with Gasteiger partial charge >= 0.3 is 0 Å². The Bertz CT molecular complexity index is 412. The first-order valence-corrected chi connectivity index (χ1v) is 6.21. The van der Waals surface area contributed by atoms with Crippen molar-refractivity contribution < 1.29 is 14.6 Å². The van der Waals surface area contributed by atoms with Crippen molar-refractivity contribution >= 4 is 5.91 Å². The molecule has 100 valence electrons. The minimum atomic E-state index is -0.699. The number of rotatable bonds is 5. The molecule has 0 saturated heterocycles. The third kappa shape index (κ3) is 2.82. The number of carbonyl (C=O) groups is 1. The summed E-state index contributed by atoms with van der Waals surface area (Å²) in [4.78, 5) is 14.2. The molecule has 1 N–H and O–H groups in total. The summed E-state index contributed by atoms with van der Waals surface area (Å²) >= 11 is 0. The Kier molecular flexibility index (Phi) is 5.16. The second kappa shape index (κ2) is 6.40. The van der Waals surface area contributed by atoms with Gasteiger partial charge in [0.2, 0.25) is 0 Å². The number of aliphatic hydroxyl groups excluding tert-OH is 1. The fraction of sp³-hybridized carbons (Fsp3) is 0.500. The van der Waals surface area contributed by atoms with E-state index in [0.717, 1.165) is 0 Å². The number of benzene rings is 1. The van der Waals surface area contributed by atoms with Crippen molar-refractivity contribution in [2.75, 3.05) is 20.2 Å². The maximum absolute atomic E-state index is 12.4. The third-order valence-corrected chi connectivity index (χ3v) is 2.99. The summed E-state index contributed by atoms with van der Waals surface area (Å²) in [5.74, 6) is 0.402. The first kappa shape index (κ1) is 14.5. The summed E-state index contributed by atoms with van der Waals surface area (Å²) in [5.41, 5.74) is 1.06. The van der Waals surface area contributed by atoms with Gasteiger partial charge in [0.15, 0.2) is 0 Å². The number of ether oxygens (including phenoxy) is 1. The second-order valence-electron chi connectivity index (χ2n) is 4.08. The SMILES string of the molecule is CCN(CC)C(=O)c1c(OC)cccc1C(C)O. The Hall–Kier alpha value is -1.55. The largest absolute Gasteiger partial charge is 0.496 e. The first-order valence-electron chi connectivity index (χ1n) is 6.21. The zero-order valence-electron chi connectivity index (χ0n) is 11.4. The van der Waals surface area contributed by atoms with Crippen molar-refractivity contribution in [3.05, 3.63) is 29.3 Å². The molecule has 0 radical (unpaired) electrons. The van der Waals surface area contributed by atoms with Crippen LogP contribution in [-0.4, -0.2) is 36.1 Å². The molecule has 1 rings (SSSR count). The molecule has 0 saturated carbocycles. The van der Waals surface area contributed by atoms with Crippen LogP contribution in [0.4, 0.5) is 0 Å². The Labute approximate surface area is 108 Å². The lowest BCUT2D eigenvalue weighted by Gasteiger charge is -2.22. The normalized spacial score (nSPS) is 12.1. The molecule has 0 heterocycles. The summed E-state index contributed by atoms with van der Waals surface area (Å²) in [6.45, 7) is 6.77. The van der Waals surface area contributed by atoms with Crippen LogP contribution in [0.3, 0.4) is 0 Å². The van der Waals surface area contributed by atoms with Gasteiger partial charge in [0, 0.05) is 13.1 Å². The van der Waals surface area contributed by atoms with Gasteiger partial charge in [0.05, 0.1) is 18.8 Å². The van der Waals surface area contributed by atoms with Crippen molar-refractivity contribution in [2.24, 2.45) is 0 Å². The van der Waals surface area contributed by atoms with Crippen LogP contribution in [0.2, 0.25) is 0 Å². The predicted molar refractivity (Wildman–Crippen MR) is 70.9 cm³/mol. The predicted octanol–water partition coefficient (Wildman–Crippen LogP) is 2.23. The number of hydrogen-bond acceptors (Lipinski definition) is 3. The minimum Gasteiger partial charge on any atom is -0.496 e. The highest BCUT2D eigenvalue weighted by Crippen LogP contribution is 2.28. The Balaban J connectivity index is 3.31. The lowest BCUT2D eigenvalue weighted by Crippen LogP contribution is -2.31. The van der Waals surface area contributed by atoms with E-state index < -0.39 is 6.10 Å². The lowest BCUT2D eigenvalue weighted by molar-refractivity contribution is 0.0762. The zero-order valence-corrected chi connectivity index (χ0v) is 11.4. The van der Waals surface area contributed by atoms with Crippen LogP contribution in [0.15, 0.2) is 18.2 Å². The topological polar surface area (TPSA) is 49.8 Å². The van der Waals surface area contributed by atoms with Gasteiger partial charge in [-0.15, -0.1) is 0 Å². The molecule has 0 aliphatic rings. The highest BCUT2D eigenvalue weighted by atomic mass is 16.5. The summed E-state index contributed by atoms with van der Waals surface area (Å²) in [5, 5.41) is 9.77. The van der Waals surface area contributed by atoms with Gasteiger partial charge in [0.25, 0.3) is 5.91 Å². The number of methoxy groups -OCH3 is 1. The molecule has 1 aromatic rings. The highest BCUT2D eigenvalue weighted by molar-refractivity contribution is 5.98. The summed E-state index contributed by atoms with van der Waals surface area (Å²) < 4.78 is 5.24. The average molecular weight is 251 g/mol. The maximum atomic E-state index is 12.4. The number of hydrogen-bond donors (Lipinski definition) is 1. The van der Waals surface area contributed by atoms with E-state index in [0.29, 0.717) is 30.0 Å². The van der Waals surface area contributed by atoms with Crippen molar-refractivity contribution in [1.29, 1.82) is 0 Å². The fourth-order valence-electron chi connectivity index (χ4n) is 1.96. The van der Waals surface area contributed by atoms with Crippen LogP contribution in [0.25, 0.3) is 0 Å². The van der Waals surface area contributed by atoms with Gasteiger partial charge in [-0.25, -0.2) is 0 Å². The van der Waals surface area contributed by atoms with Crippen molar-refractivity contribution in [1.82, 2.24) is 4.90 Å². The van der Waals surface area contributed by atoms with E-state index >= 15 is 0 Å². The fourth-order valence-corrected chi connectivity index (χ4v) is 1.96. The van der Waals surface area contributed by atoms with Crippen LogP contribution in [0, 0.1) is 0 Å². The quantitative estimate of drug-likeness (QED) is 0.873. The lowest BCUT2D eigenvalue weighted by atomic mass is 10.0. The molecule has 0 fully saturated rings. The number of nitrogens with zero attached hydrogens (tertiary/aromatic N) is 1. The van der Waals surface area contributed by atoms with E-state index in [4.69, 9.17) is 4.74 Å². The molecule has 0 spiro atoms. The standard InChI is InChI=1S/C14H21NO3/c1-5-15(6-2)14(17)13-11(10(3)16)8-7-9-12(13)18-4/h7-10,16H,5-6H2,1-4H3. The van der Waals surface area contributed by atoms with Gasteiger partial charge in [-0.05, 0) is 32.4 Å². The van der Waals surface area contributed by atoms with E-state index in [1.165, 1.54) is 7.11 Å². The molecule has 0 aliphatic heterocycles. The molecule has 1 aromatic carbocycles. The molecule has 18 heavy (non-hydrogen) atoms. The van der Waals surface area contributed by atoms with Crippen molar-refractivity contribution in [3.63, 3.8) is 0 Å². The van der Waals surface area contributed by atoms with Crippen LogP contribution >= 0.6 is 0 Å². The van der Waals surface area contributed by atoms with Crippen LogP contribution in [0.5, 0.6) is 5.75 Å². The zero-order chi connectivity index (χ0) is 13.7. The Morgan fingerprint density at radius 1 is 1.39 bits per heavy atom. The molecule has 0 bridgehead atoms. The molecule has 1 amide bonds.